The van der Waals surface area contributed by atoms with E-state index in [4.69, 9.17) is 0 Å². The number of carbonyl (C=O) groups is 3. The summed E-state index contributed by atoms with van der Waals surface area (Å²) in [6.45, 7) is 4.65. The lowest BCUT2D eigenvalue weighted by atomic mass is 9.84. The maximum absolute atomic E-state index is 12.7. The van der Waals surface area contributed by atoms with Crippen molar-refractivity contribution in [3.63, 3.8) is 0 Å². The van der Waals surface area contributed by atoms with Gasteiger partial charge in [0.1, 0.15) is 6.04 Å². The molecule has 5 heteroatoms. The molecule has 5 nitrogen and oxygen atoms in total. The lowest BCUT2D eigenvalue weighted by Gasteiger charge is -2.25. The maximum atomic E-state index is 12.7. The van der Waals surface area contributed by atoms with Gasteiger partial charge in [0.15, 0.2) is 0 Å². The third kappa shape index (κ3) is 6.73. The Labute approximate surface area is 158 Å². The van der Waals surface area contributed by atoms with Crippen LogP contribution in [0.4, 0.5) is 0 Å². The van der Waals surface area contributed by atoms with Crippen molar-refractivity contribution in [3.05, 3.63) is 0 Å². The highest BCUT2D eigenvalue weighted by molar-refractivity contribution is 6.01. The van der Waals surface area contributed by atoms with Crippen LogP contribution in [0.1, 0.15) is 90.9 Å². The van der Waals surface area contributed by atoms with Crippen LogP contribution in [0, 0.1) is 17.8 Å². The van der Waals surface area contributed by atoms with Crippen molar-refractivity contribution in [2.75, 3.05) is 0 Å². The summed E-state index contributed by atoms with van der Waals surface area (Å²) in [6, 6.07) is -0.549. The third-order valence-electron chi connectivity index (χ3n) is 6.12. The molecule has 1 aliphatic heterocycles. The monoisotopic (exact) mass is 364 g/mol. The van der Waals surface area contributed by atoms with Crippen molar-refractivity contribution >= 4 is 17.7 Å². The van der Waals surface area contributed by atoms with E-state index in [0.717, 1.165) is 37.5 Å². The highest BCUT2D eigenvalue weighted by Gasteiger charge is 2.30. The molecule has 1 heterocycles. The van der Waals surface area contributed by atoms with Gasteiger partial charge in [-0.2, -0.15) is 0 Å². The van der Waals surface area contributed by atoms with E-state index in [1.54, 1.807) is 0 Å². The summed E-state index contributed by atoms with van der Waals surface area (Å²) in [4.78, 5) is 35.8. The molecule has 0 spiro atoms. The van der Waals surface area contributed by atoms with E-state index < -0.39 is 6.04 Å². The van der Waals surface area contributed by atoms with Crippen LogP contribution < -0.4 is 10.6 Å². The van der Waals surface area contributed by atoms with Crippen LogP contribution in [-0.2, 0) is 14.4 Å². The Morgan fingerprint density at radius 2 is 1.50 bits per heavy atom. The molecule has 0 aromatic carbocycles. The largest absolute Gasteiger partial charge is 0.344 e. The second-order valence-electron chi connectivity index (χ2n) is 8.49. The summed E-state index contributed by atoms with van der Waals surface area (Å²) in [5, 5.41) is 5.21. The second-order valence-corrected chi connectivity index (χ2v) is 8.49. The number of hydrogen-bond donors (Lipinski definition) is 2. The molecule has 0 aromatic heterocycles. The first-order chi connectivity index (χ1) is 12.5. The summed E-state index contributed by atoms with van der Waals surface area (Å²) < 4.78 is 0. The van der Waals surface area contributed by atoms with Crippen molar-refractivity contribution in [2.45, 2.75) is 96.9 Å². The van der Waals surface area contributed by atoms with Gasteiger partial charge in [0.2, 0.25) is 17.7 Å². The predicted octanol–water partition coefficient (Wildman–Crippen LogP) is 3.71. The van der Waals surface area contributed by atoms with Crippen molar-refractivity contribution in [3.8, 4) is 0 Å². The molecule has 1 saturated carbocycles. The molecule has 0 radical (unpaired) electrons. The van der Waals surface area contributed by atoms with E-state index in [0.29, 0.717) is 12.8 Å². The molecule has 1 aliphatic carbocycles. The van der Waals surface area contributed by atoms with Crippen molar-refractivity contribution in [2.24, 2.45) is 17.8 Å². The van der Waals surface area contributed by atoms with Crippen molar-refractivity contribution < 1.29 is 14.4 Å². The number of nitrogens with one attached hydrogen (secondary N) is 2. The van der Waals surface area contributed by atoms with Crippen molar-refractivity contribution in [1.82, 2.24) is 10.6 Å². The fraction of sp³-hybridized carbons (Fsp3) is 0.857. The Morgan fingerprint density at radius 3 is 2.12 bits per heavy atom. The third-order valence-corrected chi connectivity index (χ3v) is 6.12. The Balaban J connectivity index is 1.86. The number of hydrogen-bond acceptors (Lipinski definition) is 3. The molecule has 2 aliphatic rings. The van der Waals surface area contributed by atoms with Gasteiger partial charge in [-0.25, -0.2) is 0 Å². The molecule has 2 rings (SSSR count). The quantitative estimate of drug-likeness (QED) is 0.750. The number of imide groups is 1. The molecule has 26 heavy (non-hydrogen) atoms. The standard InChI is InChI=1S/C21H36N2O3/c1-15(2)16-9-5-3-4-6-11-17(12-8-7-10-16)20(25)22-18-13-14-19(24)23-21(18)26/h15-18H,3-14H2,1-2H3,(H,22,25)(H,23,24,26). The van der Waals surface area contributed by atoms with Gasteiger partial charge in [-0.15, -0.1) is 0 Å². The molecule has 3 unspecified atom stereocenters. The normalized spacial score (nSPS) is 29.4. The van der Waals surface area contributed by atoms with Gasteiger partial charge in [-0.05, 0) is 31.1 Å². The Kier molecular flexibility index (Phi) is 8.60. The molecule has 2 fully saturated rings. The number of amides is 3. The molecular formula is C21H36N2O3. The summed E-state index contributed by atoms with van der Waals surface area (Å²) >= 11 is 0. The zero-order valence-electron chi connectivity index (χ0n) is 16.5. The molecular weight excluding hydrogens is 328 g/mol. The van der Waals surface area contributed by atoms with Gasteiger partial charge in [0, 0.05) is 12.3 Å². The average molecular weight is 365 g/mol. The van der Waals surface area contributed by atoms with Crippen LogP contribution >= 0.6 is 0 Å². The minimum Gasteiger partial charge on any atom is -0.344 e. The zero-order valence-corrected chi connectivity index (χ0v) is 16.5. The first-order valence-electron chi connectivity index (χ1n) is 10.6. The minimum atomic E-state index is -0.549. The van der Waals surface area contributed by atoms with Crippen molar-refractivity contribution in [1.29, 1.82) is 0 Å². The molecule has 0 bridgehead atoms. The fourth-order valence-electron chi connectivity index (χ4n) is 4.29. The van der Waals surface area contributed by atoms with E-state index in [-0.39, 0.29) is 23.6 Å². The molecule has 2 N–H and O–H groups in total. The van der Waals surface area contributed by atoms with Gasteiger partial charge < -0.3 is 5.32 Å². The lowest BCUT2D eigenvalue weighted by molar-refractivity contribution is -0.138. The van der Waals surface area contributed by atoms with Gasteiger partial charge >= 0.3 is 0 Å². The summed E-state index contributed by atoms with van der Waals surface area (Å²) in [7, 11) is 0. The first-order valence-corrected chi connectivity index (χ1v) is 10.6. The molecule has 1 saturated heterocycles. The van der Waals surface area contributed by atoms with Crippen LogP contribution in [0.3, 0.4) is 0 Å². The second kappa shape index (κ2) is 10.7. The van der Waals surface area contributed by atoms with E-state index in [1.807, 2.05) is 0 Å². The van der Waals surface area contributed by atoms with E-state index >= 15 is 0 Å². The zero-order chi connectivity index (χ0) is 18.9. The topological polar surface area (TPSA) is 75.3 Å². The van der Waals surface area contributed by atoms with Gasteiger partial charge in [0.05, 0.1) is 0 Å². The summed E-state index contributed by atoms with van der Waals surface area (Å²) in [6.07, 6.45) is 12.2. The highest BCUT2D eigenvalue weighted by atomic mass is 16.2. The summed E-state index contributed by atoms with van der Waals surface area (Å²) in [5.74, 6) is 0.942. The van der Waals surface area contributed by atoms with E-state index in [2.05, 4.69) is 24.5 Å². The number of rotatable bonds is 3. The van der Waals surface area contributed by atoms with Crippen LogP contribution in [0.5, 0.6) is 0 Å². The molecule has 148 valence electrons. The minimum absolute atomic E-state index is 0.00245. The Hall–Kier alpha value is -1.39. The summed E-state index contributed by atoms with van der Waals surface area (Å²) in [5.41, 5.74) is 0. The van der Waals surface area contributed by atoms with E-state index in [1.165, 1.54) is 38.5 Å². The molecule has 3 atom stereocenters. The number of carbonyl (C=O) groups excluding carboxylic acids is 3. The average Bonchev–Trinajstić information content (AvgIpc) is 2.57. The highest BCUT2D eigenvalue weighted by Crippen LogP contribution is 2.28. The first kappa shape index (κ1) is 20.9. The Morgan fingerprint density at radius 1 is 0.923 bits per heavy atom. The van der Waals surface area contributed by atoms with Crippen LogP contribution in [-0.4, -0.2) is 23.8 Å². The van der Waals surface area contributed by atoms with Gasteiger partial charge in [-0.3, -0.25) is 19.7 Å². The fourth-order valence-corrected chi connectivity index (χ4v) is 4.29. The number of piperidine rings is 1. The lowest BCUT2D eigenvalue weighted by Crippen LogP contribution is -2.53. The Bertz CT molecular complexity index is 490. The van der Waals surface area contributed by atoms with Crippen LogP contribution in [0.15, 0.2) is 0 Å². The SMILES string of the molecule is CC(C)C1CCCCCCC(C(=O)NC2CCC(=O)NC2=O)CCCC1. The van der Waals surface area contributed by atoms with E-state index in [9.17, 15) is 14.4 Å². The van der Waals surface area contributed by atoms with Crippen LogP contribution in [0.2, 0.25) is 0 Å². The van der Waals surface area contributed by atoms with Crippen LogP contribution in [0.25, 0.3) is 0 Å². The van der Waals surface area contributed by atoms with Gasteiger partial charge in [0.25, 0.3) is 0 Å². The predicted molar refractivity (Wildman–Crippen MR) is 102 cm³/mol. The van der Waals surface area contributed by atoms with Gasteiger partial charge in [-0.1, -0.05) is 65.2 Å². The molecule has 3 amide bonds. The molecule has 0 aromatic rings. The smallest absolute Gasteiger partial charge is 0.249 e. The maximum Gasteiger partial charge on any atom is 0.249 e.